The Morgan fingerprint density at radius 1 is 1.08 bits per heavy atom. The lowest BCUT2D eigenvalue weighted by molar-refractivity contribution is 0.0204. The standard InChI is InChI=1S/C25H30ClN3O7S/c1-2-35-14-6-13-27-24(31)20-15-19(10-11-21(20)26)37(33,34)29-23(30)17-9-12-22(28-16-17)25(32)36-18-7-4-3-5-8-18/h9-12,15-16,18H,2-8,13-14H2,1H3,(H,27,31)(H,29,30). The largest absolute Gasteiger partial charge is 0.458 e. The Morgan fingerprint density at radius 2 is 1.84 bits per heavy atom. The molecule has 1 fully saturated rings. The van der Waals surface area contributed by atoms with Crippen molar-refractivity contribution in [3.05, 3.63) is 58.4 Å². The molecular formula is C25H30ClN3O7S. The summed E-state index contributed by atoms with van der Waals surface area (Å²) in [5, 5.41) is 2.71. The normalized spacial score (nSPS) is 14.1. The predicted molar refractivity (Wildman–Crippen MR) is 136 cm³/mol. The van der Waals surface area contributed by atoms with Gasteiger partial charge in [-0.2, -0.15) is 0 Å². The SMILES string of the molecule is CCOCCCNC(=O)c1cc(S(=O)(=O)NC(=O)c2ccc(C(=O)OC3CCCCC3)nc2)ccc1Cl. The Kier molecular flexibility index (Phi) is 10.4. The van der Waals surface area contributed by atoms with E-state index in [0.29, 0.717) is 26.2 Å². The fraction of sp³-hybridized carbons (Fsp3) is 0.440. The Bertz CT molecular complexity index is 1210. The second kappa shape index (κ2) is 13.5. The smallest absolute Gasteiger partial charge is 0.357 e. The molecule has 0 atom stereocenters. The van der Waals surface area contributed by atoms with Gasteiger partial charge in [-0.05, 0) is 69.4 Å². The number of benzene rings is 1. The third-order valence-corrected chi connectivity index (χ3v) is 7.39. The maximum Gasteiger partial charge on any atom is 0.357 e. The van der Waals surface area contributed by atoms with Gasteiger partial charge in [-0.15, -0.1) is 0 Å². The van der Waals surface area contributed by atoms with E-state index in [4.69, 9.17) is 21.1 Å². The summed E-state index contributed by atoms with van der Waals surface area (Å²) in [6, 6.07) is 6.15. The fourth-order valence-electron chi connectivity index (χ4n) is 3.74. The van der Waals surface area contributed by atoms with Gasteiger partial charge in [0.2, 0.25) is 0 Å². The first kappa shape index (κ1) is 28.5. The molecule has 0 radical (unpaired) electrons. The molecule has 1 aliphatic carbocycles. The Balaban J connectivity index is 1.63. The molecule has 2 N–H and O–H groups in total. The number of carbonyl (C=O) groups is 3. The van der Waals surface area contributed by atoms with Gasteiger partial charge >= 0.3 is 5.97 Å². The van der Waals surface area contributed by atoms with E-state index in [1.54, 1.807) is 0 Å². The van der Waals surface area contributed by atoms with Gasteiger partial charge in [-0.25, -0.2) is 22.9 Å². The number of carbonyl (C=O) groups excluding carboxylic acids is 3. The number of nitrogens with zero attached hydrogens (tertiary/aromatic N) is 1. The number of hydrogen-bond acceptors (Lipinski definition) is 8. The van der Waals surface area contributed by atoms with Crippen molar-refractivity contribution in [2.75, 3.05) is 19.8 Å². The van der Waals surface area contributed by atoms with Crippen molar-refractivity contribution in [2.24, 2.45) is 0 Å². The number of ether oxygens (including phenoxy) is 2. The van der Waals surface area contributed by atoms with Crippen LogP contribution < -0.4 is 10.0 Å². The minimum Gasteiger partial charge on any atom is -0.458 e. The lowest BCUT2D eigenvalue weighted by Gasteiger charge is -2.21. The van der Waals surface area contributed by atoms with Gasteiger partial charge in [0.25, 0.3) is 21.8 Å². The summed E-state index contributed by atoms with van der Waals surface area (Å²) in [7, 11) is -4.34. The van der Waals surface area contributed by atoms with E-state index in [1.165, 1.54) is 24.3 Å². The van der Waals surface area contributed by atoms with Gasteiger partial charge in [-0.3, -0.25) is 9.59 Å². The second-order valence-corrected chi connectivity index (χ2v) is 10.6. The van der Waals surface area contributed by atoms with Crippen LogP contribution in [0.25, 0.3) is 0 Å². The topological polar surface area (TPSA) is 141 Å². The number of halogens is 1. The van der Waals surface area contributed by atoms with Crippen LogP contribution in [0, 0.1) is 0 Å². The highest BCUT2D eigenvalue weighted by molar-refractivity contribution is 7.90. The minimum atomic E-state index is -4.34. The molecule has 1 aliphatic rings. The van der Waals surface area contributed by atoms with E-state index in [1.807, 2.05) is 11.6 Å². The van der Waals surface area contributed by atoms with Crippen LogP contribution >= 0.6 is 11.6 Å². The van der Waals surface area contributed by atoms with E-state index >= 15 is 0 Å². The summed E-state index contributed by atoms with van der Waals surface area (Å²) in [6.07, 6.45) is 6.30. The molecule has 1 aromatic heterocycles. The molecule has 1 aromatic carbocycles. The molecule has 2 aromatic rings. The van der Waals surface area contributed by atoms with Gasteiger partial charge in [0.1, 0.15) is 11.8 Å². The third-order valence-electron chi connectivity index (χ3n) is 5.74. The molecule has 0 aliphatic heterocycles. The summed E-state index contributed by atoms with van der Waals surface area (Å²) >= 11 is 6.09. The predicted octanol–water partition coefficient (Wildman–Crippen LogP) is 3.50. The first-order chi connectivity index (χ1) is 17.7. The molecule has 0 unspecified atom stereocenters. The average molecular weight is 552 g/mol. The molecule has 0 spiro atoms. The summed E-state index contributed by atoms with van der Waals surface area (Å²) in [5.41, 5.74) is -0.0884. The van der Waals surface area contributed by atoms with Gasteiger partial charge in [0, 0.05) is 26.0 Å². The fourth-order valence-corrected chi connectivity index (χ4v) is 4.95. The number of aromatic nitrogens is 1. The van der Waals surface area contributed by atoms with Crippen molar-refractivity contribution in [3.63, 3.8) is 0 Å². The number of amides is 2. The van der Waals surface area contributed by atoms with Gasteiger partial charge in [0.15, 0.2) is 0 Å². The molecule has 10 nitrogen and oxygen atoms in total. The molecule has 2 amide bonds. The molecular weight excluding hydrogens is 522 g/mol. The first-order valence-electron chi connectivity index (χ1n) is 12.1. The summed E-state index contributed by atoms with van der Waals surface area (Å²) in [4.78, 5) is 41.0. The number of sulfonamides is 1. The van der Waals surface area contributed by atoms with Crippen LogP contribution in [0.15, 0.2) is 41.4 Å². The van der Waals surface area contributed by atoms with E-state index in [2.05, 4.69) is 10.3 Å². The lowest BCUT2D eigenvalue weighted by atomic mass is 9.98. The van der Waals surface area contributed by atoms with E-state index in [0.717, 1.165) is 44.4 Å². The van der Waals surface area contributed by atoms with Crippen LogP contribution in [0.2, 0.25) is 5.02 Å². The molecule has 0 saturated heterocycles. The zero-order chi connectivity index (χ0) is 26.8. The molecule has 1 heterocycles. The maximum atomic E-state index is 12.8. The monoisotopic (exact) mass is 551 g/mol. The summed E-state index contributed by atoms with van der Waals surface area (Å²) < 4.78 is 38.2. The average Bonchev–Trinajstić information content (AvgIpc) is 2.89. The van der Waals surface area contributed by atoms with E-state index < -0.39 is 27.8 Å². The van der Waals surface area contributed by atoms with Crippen molar-refractivity contribution >= 4 is 39.4 Å². The highest BCUT2D eigenvalue weighted by Gasteiger charge is 2.23. The zero-order valence-electron chi connectivity index (χ0n) is 20.5. The zero-order valence-corrected chi connectivity index (χ0v) is 22.1. The number of esters is 1. The number of nitrogens with one attached hydrogen (secondary N) is 2. The lowest BCUT2D eigenvalue weighted by Crippen LogP contribution is -2.31. The Morgan fingerprint density at radius 3 is 2.51 bits per heavy atom. The molecule has 37 heavy (non-hydrogen) atoms. The van der Waals surface area contributed by atoms with Crippen LogP contribution in [0.3, 0.4) is 0 Å². The van der Waals surface area contributed by atoms with Crippen LogP contribution in [-0.4, -0.2) is 57.0 Å². The summed E-state index contributed by atoms with van der Waals surface area (Å²) in [5.74, 6) is -2.09. The first-order valence-corrected chi connectivity index (χ1v) is 14.0. The van der Waals surface area contributed by atoms with Crippen LogP contribution in [-0.2, 0) is 19.5 Å². The van der Waals surface area contributed by atoms with Crippen LogP contribution in [0.1, 0.15) is 76.7 Å². The summed E-state index contributed by atoms with van der Waals surface area (Å²) in [6.45, 7) is 3.23. The van der Waals surface area contributed by atoms with Gasteiger partial charge in [0.05, 0.1) is 21.0 Å². The number of pyridine rings is 1. The van der Waals surface area contributed by atoms with Crippen molar-refractivity contribution in [1.82, 2.24) is 15.0 Å². The van der Waals surface area contributed by atoms with Crippen molar-refractivity contribution in [3.8, 4) is 0 Å². The molecule has 1 saturated carbocycles. The minimum absolute atomic E-state index is 0.0274. The van der Waals surface area contributed by atoms with Crippen molar-refractivity contribution < 1.29 is 32.3 Å². The second-order valence-electron chi connectivity index (χ2n) is 8.48. The number of rotatable bonds is 11. The Labute approximate surface area is 221 Å². The molecule has 200 valence electrons. The highest BCUT2D eigenvalue weighted by atomic mass is 35.5. The quantitative estimate of drug-likeness (QED) is 0.319. The highest BCUT2D eigenvalue weighted by Crippen LogP contribution is 2.22. The molecule has 12 heteroatoms. The molecule has 0 bridgehead atoms. The number of hydrogen-bond donors (Lipinski definition) is 2. The van der Waals surface area contributed by atoms with Gasteiger partial charge < -0.3 is 14.8 Å². The van der Waals surface area contributed by atoms with Crippen molar-refractivity contribution in [2.45, 2.75) is 56.4 Å². The maximum absolute atomic E-state index is 12.8. The van der Waals surface area contributed by atoms with Crippen LogP contribution in [0.5, 0.6) is 0 Å². The van der Waals surface area contributed by atoms with E-state index in [9.17, 15) is 22.8 Å². The Hall–Kier alpha value is -3.02. The third kappa shape index (κ3) is 8.24. The van der Waals surface area contributed by atoms with Crippen LogP contribution in [0.4, 0.5) is 0 Å². The van der Waals surface area contributed by atoms with Crippen molar-refractivity contribution in [1.29, 1.82) is 0 Å². The van der Waals surface area contributed by atoms with E-state index in [-0.39, 0.29) is 32.8 Å². The van der Waals surface area contributed by atoms with Gasteiger partial charge in [-0.1, -0.05) is 18.0 Å². The molecule has 3 rings (SSSR count).